The Bertz CT molecular complexity index is 231. The fourth-order valence-electron chi connectivity index (χ4n) is 3.53. The van der Waals surface area contributed by atoms with Gasteiger partial charge in [-0.1, -0.05) is 20.3 Å². The highest BCUT2D eigenvalue weighted by atomic mass is 16.3. The molecule has 1 fully saturated rings. The molecule has 19 heavy (non-hydrogen) atoms. The molecule has 3 nitrogen and oxygen atoms in total. The lowest BCUT2D eigenvalue weighted by molar-refractivity contribution is 0.0897. The maximum absolute atomic E-state index is 9.67. The molecule has 0 spiro atoms. The van der Waals surface area contributed by atoms with Gasteiger partial charge in [-0.2, -0.15) is 0 Å². The number of aliphatic hydroxyl groups excluding tert-OH is 1. The van der Waals surface area contributed by atoms with E-state index in [1.54, 1.807) is 0 Å². The van der Waals surface area contributed by atoms with E-state index in [0.29, 0.717) is 0 Å². The fourth-order valence-corrected chi connectivity index (χ4v) is 3.53. The number of piperidine rings is 1. The molecule has 0 bridgehead atoms. The molecule has 2 N–H and O–H groups in total. The molecule has 3 atom stereocenters. The van der Waals surface area contributed by atoms with Crippen LogP contribution < -0.4 is 5.32 Å². The molecule has 0 aromatic carbocycles. The van der Waals surface area contributed by atoms with Crippen LogP contribution in [0, 0.1) is 0 Å². The number of aliphatic hydroxyl groups is 1. The molecule has 1 unspecified atom stereocenters. The second-order valence-corrected chi connectivity index (χ2v) is 6.29. The van der Waals surface area contributed by atoms with E-state index in [9.17, 15) is 5.11 Å². The molecular formula is C16H34N2O. The number of likely N-dealkylation sites (N-methyl/N-ethyl adjacent to an activating group) is 1. The summed E-state index contributed by atoms with van der Waals surface area (Å²) in [4.78, 5) is 2.66. The van der Waals surface area contributed by atoms with E-state index in [1.165, 1.54) is 32.2 Å². The molecule has 0 amide bonds. The largest absolute Gasteiger partial charge is 0.394 e. The molecule has 114 valence electrons. The van der Waals surface area contributed by atoms with E-state index in [-0.39, 0.29) is 12.1 Å². The van der Waals surface area contributed by atoms with E-state index in [4.69, 9.17) is 0 Å². The van der Waals surface area contributed by atoms with Crippen molar-refractivity contribution in [3.05, 3.63) is 0 Å². The molecule has 0 aromatic rings. The Kier molecular flexibility index (Phi) is 7.33. The molecule has 1 aliphatic heterocycles. The van der Waals surface area contributed by atoms with Crippen LogP contribution in [0.4, 0.5) is 0 Å². The Morgan fingerprint density at radius 1 is 1.21 bits per heavy atom. The van der Waals surface area contributed by atoms with Crippen LogP contribution in [0.1, 0.15) is 66.2 Å². The van der Waals surface area contributed by atoms with Crippen molar-refractivity contribution in [2.45, 2.75) is 83.8 Å². The lowest BCUT2D eigenvalue weighted by Gasteiger charge is -2.40. The van der Waals surface area contributed by atoms with Gasteiger partial charge in [-0.15, -0.1) is 0 Å². The van der Waals surface area contributed by atoms with Crippen molar-refractivity contribution in [3.8, 4) is 0 Å². The highest BCUT2D eigenvalue weighted by Gasteiger charge is 2.28. The number of likely N-dealkylation sites (tertiary alicyclic amines) is 1. The monoisotopic (exact) mass is 270 g/mol. The maximum atomic E-state index is 9.67. The first-order chi connectivity index (χ1) is 9.08. The van der Waals surface area contributed by atoms with Crippen LogP contribution in [-0.2, 0) is 0 Å². The van der Waals surface area contributed by atoms with Gasteiger partial charge in [0.2, 0.25) is 0 Å². The normalized spacial score (nSPS) is 28.3. The summed E-state index contributed by atoms with van der Waals surface area (Å²) in [6.07, 6.45) is 7.32. The minimum Gasteiger partial charge on any atom is -0.394 e. The Labute approximate surface area is 119 Å². The standard InChI is InChI=1S/C16H34N2O/c1-5-16(13-19,17-6-2)11-8-12-18-14(3)9-7-10-15(18)4/h14-15,17,19H,5-13H2,1-4H3/t14-,15+,16?. The summed E-state index contributed by atoms with van der Waals surface area (Å²) in [6, 6.07) is 1.46. The van der Waals surface area contributed by atoms with Gasteiger partial charge in [0, 0.05) is 17.6 Å². The Hall–Kier alpha value is -0.120. The number of rotatable bonds is 8. The smallest absolute Gasteiger partial charge is 0.0613 e. The van der Waals surface area contributed by atoms with Crippen molar-refractivity contribution in [1.29, 1.82) is 0 Å². The van der Waals surface area contributed by atoms with Crippen molar-refractivity contribution in [2.24, 2.45) is 0 Å². The molecule has 1 heterocycles. The van der Waals surface area contributed by atoms with E-state index in [0.717, 1.165) is 31.5 Å². The van der Waals surface area contributed by atoms with Crippen LogP contribution in [0.15, 0.2) is 0 Å². The molecule has 1 rings (SSSR count). The zero-order chi connectivity index (χ0) is 14.3. The van der Waals surface area contributed by atoms with Crippen molar-refractivity contribution in [3.63, 3.8) is 0 Å². The molecule has 3 heteroatoms. The van der Waals surface area contributed by atoms with E-state index >= 15 is 0 Å². The second kappa shape index (κ2) is 8.23. The number of nitrogens with zero attached hydrogens (tertiary/aromatic N) is 1. The lowest BCUT2D eigenvalue weighted by atomic mass is 9.90. The zero-order valence-electron chi connectivity index (χ0n) is 13.4. The first kappa shape index (κ1) is 16.9. The van der Waals surface area contributed by atoms with E-state index < -0.39 is 0 Å². The first-order valence-corrected chi connectivity index (χ1v) is 8.20. The van der Waals surface area contributed by atoms with Crippen LogP contribution in [0.2, 0.25) is 0 Å². The molecule has 1 saturated heterocycles. The lowest BCUT2D eigenvalue weighted by Crippen LogP contribution is -2.49. The van der Waals surface area contributed by atoms with Crippen molar-refractivity contribution in [1.82, 2.24) is 10.2 Å². The van der Waals surface area contributed by atoms with Crippen LogP contribution in [-0.4, -0.2) is 47.3 Å². The van der Waals surface area contributed by atoms with Gasteiger partial charge in [0.05, 0.1) is 6.61 Å². The third-order valence-electron chi connectivity index (χ3n) is 4.98. The van der Waals surface area contributed by atoms with Crippen molar-refractivity contribution < 1.29 is 5.11 Å². The highest BCUT2D eigenvalue weighted by Crippen LogP contribution is 2.24. The summed E-state index contributed by atoms with van der Waals surface area (Å²) in [5.74, 6) is 0. The van der Waals surface area contributed by atoms with E-state index in [2.05, 4.69) is 37.9 Å². The average molecular weight is 270 g/mol. The second-order valence-electron chi connectivity index (χ2n) is 6.29. The summed E-state index contributed by atoms with van der Waals surface area (Å²) < 4.78 is 0. The number of hydrogen-bond acceptors (Lipinski definition) is 3. The molecular weight excluding hydrogens is 236 g/mol. The zero-order valence-corrected chi connectivity index (χ0v) is 13.4. The molecule has 0 aromatic heterocycles. The van der Waals surface area contributed by atoms with Gasteiger partial charge in [0.1, 0.15) is 0 Å². The Balaban J connectivity index is 2.42. The minimum atomic E-state index is -0.0585. The third kappa shape index (κ3) is 4.73. The molecule has 0 radical (unpaired) electrons. The summed E-state index contributed by atoms with van der Waals surface area (Å²) in [5.41, 5.74) is -0.0585. The predicted molar refractivity (Wildman–Crippen MR) is 82.5 cm³/mol. The first-order valence-electron chi connectivity index (χ1n) is 8.20. The summed E-state index contributed by atoms with van der Waals surface area (Å²) >= 11 is 0. The average Bonchev–Trinajstić information content (AvgIpc) is 2.41. The topological polar surface area (TPSA) is 35.5 Å². The summed E-state index contributed by atoms with van der Waals surface area (Å²) in [5, 5.41) is 13.2. The molecule has 0 aliphatic carbocycles. The highest BCUT2D eigenvalue weighted by molar-refractivity contribution is 4.87. The Morgan fingerprint density at radius 2 is 1.84 bits per heavy atom. The minimum absolute atomic E-state index is 0.0585. The molecule has 1 aliphatic rings. The maximum Gasteiger partial charge on any atom is 0.0613 e. The van der Waals surface area contributed by atoms with Crippen LogP contribution in [0.5, 0.6) is 0 Å². The predicted octanol–water partition coefficient (Wildman–Crippen LogP) is 2.78. The number of hydrogen-bond donors (Lipinski definition) is 2. The van der Waals surface area contributed by atoms with Gasteiger partial charge in [0.25, 0.3) is 0 Å². The Morgan fingerprint density at radius 3 is 2.32 bits per heavy atom. The van der Waals surface area contributed by atoms with Crippen LogP contribution in [0.3, 0.4) is 0 Å². The third-order valence-corrected chi connectivity index (χ3v) is 4.98. The SMILES string of the molecule is CCNC(CC)(CO)CCCN1[C@H](C)CCC[C@@H]1C. The van der Waals surface area contributed by atoms with Crippen LogP contribution in [0.25, 0.3) is 0 Å². The quantitative estimate of drug-likeness (QED) is 0.712. The summed E-state index contributed by atoms with van der Waals surface area (Å²) in [6.45, 7) is 11.4. The van der Waals surface area contributed by atoms with Gasteiger partial charge in [-0.3, -0.25) is 4.90 Å². The molecule has 0 saturated carbocycles. The van der Waals surface area contributed by atoms with Gasteiger partial charge in [0.15, 0.2) is 0 Å². The van der Waals surface area contributed by atoms with Crippen molar-refractivity contribution >= 4 is 0 Å². The van der Waals surface area contributed by atoms with Gasteiger partial charge in [-0.05, 0) is 59.0 Å². The van der Waals surface area contributed by atoms with Gasteiger partial charge < -0.3 is 10.4 Å². The van der Waals surface area contributed by atoms with Crippen molar-refractivity contribution in [2.75, 3.05) is 19.7 Å². The fraction of sp³-hybridized carbons (Fsp3) is 1.00. The van der Waals surface area contributed by atoms with E-state index in [1.807, 2.05) is 0 Å². The van der Waals surface area contributed by atoms with Gasteiger partial charge >= 0.3 is 0 Å². The van der Waals surface area contributed by atoms with Crippen LogP contribution >= 0.6 is 0 Å². The summed E-state index contributed by atoms with van der Waals surface area (Å²) in [7, 11) is 0. The number of nitrogens with one attached hydrogen (secondary N) is 1. The van der Waals surface area contributed by atoms with Gasteiger partial charge in [-0.25, -0.2) is 0 Å².